The molecule has 1 aromatic rings. The number of amides is 1. The molecule has 1 saturated heterocycles. The highest BCUT2D eigenvalue weighted by Crippen LogP contribution is 2.28. The normalized spacial score (nSPS) is 15.9. The maximum absolute atomic E-state index is 12.2. The first-order valence-corrected chi connectivity index (χ1v) is 8.25. The molecule has 0 unspecified atom stereocenters. The van der Waals surface area contributed by atoms with Crippen LogP contribution >= 0.6 is 0 Å². The average molecular weight is 333 g/mol. The Kier molecular flexibility index (Phi) is 7.08. The SMILES string of the molecule is COc1ccc(/C=C(\C)C(=O)NCCN2CCNCC2)cc1OC. The van der Waals surface area contributed by atoms with Crippen LogP contribution in [0.2, 0.25) is 0 Å². The highest BCUT2D eigenvalue weighted by Gasteiger charge is 2.10. The molecule has 2 rings (SSSR count). The summed E-state index contributed by atoms with van der Waals surface area (Å²) in [5, 5.41) is 6.30. The molecule has 0 spiro atoms. The second-order valence-corrected chi connectivity index (χ2v) is 5.79. The van der Waals surface area contributed by atoms with Gasteiger partial charge in [0.05, 0.1) is 14.2 Å². The van der Waals surface area contributed by atoms with Crippen LogP contribution in [0.15, 0.2) is 23.8 Å². The minimum Gasteiger partial charge on any atom is -0.493 e. The van der Waals surface area contributed by atoms with Crippen LogP contribution in [0.25, 0.3) is 6.08 Å². The Balaban J connectivity index is 1.88. The van der Waals surface area contributed by atoms with Crippen LogP contribution in [0.3, 0.4) is 0 Å². The predicted molar refractivity (Wildman–Crippen MR) is 95.5 cm³/mol. The third-order valence-electron chi connectivity index (χ3n) is 4.07. The number of carbonyl (C=O) groups is 1. The molecule has 0 radical (unpaired) electrons. The summed E-state index contributed by atoms with van der Waals surface area (Å²) in [5.74, 6) is 1.28. The summed E-state index contributed by atoms with van der Waals surface area (Å²) < 4.78 is 10.5. The van der Waals surface area contributed by atoms with Gasteiger partial charge in [-0.15, -0.1) is 0 Å². The Morgan fingerprint density at radius 1 is 1.25 bits per heavy atom. The van der Waals surface area contributed by atoms with Crippen molar-refractivity contribution in [2.45, 2.75) is 6.92 Å². The summed E-state index contributed by atoms with van der Waals surface area (Å²) >= 11 is 0. The van der Waals surface area contributed by atoms with Crippen molar-refractivity contribution < 1.29 is 14.3 Å². The van der Waals surface area contributed by atoms with Gasteiger partial charge in [0.25, 0.3) is 0 Å². The molecule has 0 atom stereocenters. The molecule has 6 nitrogen and oxygen atoms in total. The van der Waals surface area contributed by atoms with Gasteiger partial charge in [0, 0.05) is 44.8 Å². The molecule has 1 fully saturated rings. The Morgan fingerprint density at radius 3 is 2.62 bits per heavy atom. The van der Waals surface area contributed by atoms with Gasteiger partial charge >= 0.3 is 0 Å². The number of benzene rings is 1. The summed E-state index contributed by atoms with van der Waals surface area (Å²) in [5.41, 5.74) is 1.57. The van der Waals surface area contributed by atoms with Crippen LogP contribution in [-0.4, -0.2) is 64.3 Å². The van der Waals surface area contributed by atoms with Gasteiger partial charge < -0.3 is 20.1 Å². The Bertz CT molecular complexity index is 581. The fourth-order valence-electron chi connectivity index (χ4n) is 2.66. The van der Waals surface area contributed by atoms with Crippen molar-refractivity contribution in [2.75, 3.05) is 53.5 Å². The molecule has 1 heterocycles. The van der Waals surface area contributed by atoms with E-state index in [2.05, 4.69) is 15.5 Å². The van der Waals surface area contributed by atoms with E-state index in [4.69, 9.17) is 9.47 Å². The van der Waals surface area contributed by atoms with Crippen LogP contribution in [0.4, 0.5) is 0 Å². The lowest BCUT2D eigenvalue weighted by Crippen LogP contribution is -2.46. The number of carbonyl (C=O) groups excluding carboxylic acids is 1. The number of piperazine rings is 1. The fraction of sp³-hybridized carbons (Fsp3) is 0.500. The Labute approximate surface area is 143 Å². The van der Waals surface area contributed by atoms with E-state index in [0.29, 0.717) is 23.6 Å². The first kappa shape index (κ1) is 18.3. The van der Waals surface area contributed by atoms with Crippen LogP contribution < -0.4 is 20.1 Å². The second-order valence-electron chi connectivity index (χ2n) is 5.79. The number of nitrogens with zero attached hydrogens (tertiary/aromatic N) is 1. The molecular formula is C18H27N3O3. The largest absolute Gasteiger partial charge is 0.493 e. The number of ether oxygens (including phenoxy) is 2. The number of hydrogen-bond acceptors (Lipinski definition) is 5. The van der Waals surface area contributed by atoms with E-state index in [0.717, 1.165) is 38.3 Å². The molecule has 24 heavy (non-hydrogen) atoms. The monoisotopic (exact) mass is 333 g/mol. The molecule has 0 aliphatic carbocycles. The number of nitrogens with one attached hydrogen (secondary N) is 2. The third-order valence-corrected chi connectivity index (χ3v) is 4.07. The van der Waals surface area contributed by atoms with Crippen molar-refractivity contribution in [3.63, 3.8) is 0 Å². The molecule has 1 amide bonds. The first-order chi connectivity index (χ1) is 11.6. The molecule has 132 valence electrons. The van der Waals surface area contributed by atoms with Gasteiger partial charge in [-0.1, -0.05) is 6.07 Å². The number of rotatable bonds is 7. The molecule has 2 N–H and O–H groups in total. The average Bonchev–Trinajstić information content (AvgIpc) is 2.62. The fourth-order valence-corrected chi connectivity index (χ4v) is 2.66. The van der Waals surface area contributed by atoms with E-state index in [1.165, 1.54) is 0 Å². The Morgan fingerprint density at radius 2 is 1.96 bits per heavy atom. The van der Waals surface area contributed by atoms with Gasteiger partial charge in [-0.25, -0.2) is 0 Å². The standard InChI is InChI=1S/C18H27N3O3/c1-14(12-15-4-5-16(23-2)17(13-15)24-3)18(22)20-8-11-21-9-6-19-7-10-21/h4-5,12-13,19H,6-11H2,1-3H3,(H,20,22)/b14-12+. The molecule has 1 aliphatic heterocycles. The van der Waals surface area contributed by atoms with Gasteiger partial charge in [-0.3, -0.25) is 9.69 Å². The molecule has 0 saturated carbocycles. The minimum atomic E-state index is -0.0417. The predicted octanol–water partition coefficient (Wildman–Crippen LogP) is 1.13. The van der Waals surface area contributed by atoms with Crippen LogP contribution in [0, 0.1) is 0 Å². The summed E-state index contributed by atoms with van der Waals surface area (Å²) in [7, 11) is 3.20. The number of hydrogen-bond donors (Lipinski definition) is 2. The maximum atomic E-state index is 12.2. The van der Waals surface area contributed by atoms with Crippen LogP contribution in [-0.2, 0) is 4.79 Å². The highest BCUT2D eigenvalue weighted by molar-refractivity contribution is 5.97. The van der Waals surface area contributed by atoms with E-state index < -0.39 is 0 Å². The van der Waals surface area contributed by atoms with Crippen molar-refractivity contribution in [2.24, 2.45) is 0 Å². The topological polar surface area (TPSA) is 62.8 Å². The zero-order valence-corrected chi connectivity index (χ0v) is 14.7. The van der Waals surface area contributed by atoms with Crippen molar-refractivity contribution in [1.29, 1.82) is 0 Å². The van der Waals surface area contributed by atoms with Gasteiger partial charge in [-0.2, -0.15) is 0 Å². The van der Waals surface area contributed by atoms with Crippen molar-refractivity contribution >= 4 is 12.0 Å². The van der Waals surface area contributed by atoms with E-state index in [-0.39, 0.29) is 5.91 Å². The molecule has 0 bridgehead atoms. The molecule has 1 aromatic carbocycles. The summed E-state index contributed by atoms with van der Waals surface area (Å²) in [4.78, 5) is 14.6. The maximum Gasteiger partial charge on any atom is 0.246 e. The Hall–Kier alpha value is -2.05. The zero-order valence-electron chi connectivity index (χ0n) is 14.7. The quantitative estimate of drug-likeness (QED) is 0.733. The van der Waals surface area contributed by atoms with Crippen LogP contribution in [0.1, 0.15) is 12.5 Å². The van der Waals surface area contributed by atoms with Crippen molar-refractivity contribution in [3.8, 4) is 11.5 Å². The zero-order chi connectivity index (χ0) is 17.4. The van der Waals surface area contributed by atoms with Crippen molar-refractivity contribution in [3.05, 3.63) is 29.3 Å². The molecular weight excluding hydrogens is 306 g/mol. The lowest BCUT2D eigenvalue weighted by Gasteiger charge is -2.27. The summed E-state index contributed by atoms with van der Waals surface area (Å²) in [6.45, 7) is 7.48. The highest BCUT2D eigenvalue weighted by atomic mass is 16.5. The summed E-state index contributed by atoms with van der Waals surface area (Å²) in [6, 6.07) is 5.59. The minimum absolute atomic E-state index is 0.0417. The smallest absolute Gasteiger partial charge is 0.246 e. The molecule has 1 aliphatic rings. The molecule has 6 heteroatoms. The van der Waals surface area contributed by atoms with E-state index in [1.807, 2.05) is 31.2 Å². The van der Waals surface area contributed by atoms with Crippen LogP contribution in [0.5, 0.6) is 11.5 Å². The van der Waals surface area contributed by atoms with Gasteiger partial charge in [-0.05, 0) is 30.7 Å². The van der Waals surface area contributed by atoms with E-state index in [1.54, 1.807) is 14.2 Å². The summed E-state index contributed by atoms with van der Waals surface area (Å²) in [6.07, 6.45) is 1.85. The molecule has 0 aromatic heterocycles. The van der Waals surface area contributed by atoms with E-state index in [9.17, 15) is 4.79 Å². The number of methoxy groups -OCH3 is 2. The van der Waals surface area contributed by atoms with Gasteiger partial charge in [0.1, 0.15) is 0 Å². The van der Waals surface area contributed by atoms with Gasteiger partial charge in [0.2, 0.25) is 5.91 Å². The lowest BCUT2D eigenvalue weighted by molar-refractivity contribution is -0.117. The van der Waals surface area contributed by atoms with Crippen molar-refractivity contribution in [1.82, 2.24) is 15.5 Å². The van der Waals surface area contributed by atoms with E-state index >= 15 is 0 Å². The first-order valence-electron chi connectivity index (χ1n) is 8.25. The lowest BCUT2D eigenvalue weighted by atomic mass is 10.1. The third kappa shape index (κ3) is 5.25. The second kappa shape index (κ2) is 9.30. The van der Waals surface area contributed by atoms with Gasteiger partial charge in [0.15, 0.2) is 11.5 Å².